The third kappa shape index (κ3) is 46.7. The first kappa shape index (κ1) is 23.5. The minimum atomic E-state index is -0.211. The smallest absolute Gasteiger partial charge is 0.302 e. The van der Waals surface area contributed by atoms with Gasteiger partial charge in [0, 0.05) is 6.92 Å². The normalized spacial score (nSPS) is 9.37. The van der Waals surface area contributed by atoms with Crippen LogP contribution in [0.5, 0.6) is 0 Å². The maximum atomic E-state index is 9.82. The first-order valence-corrected chi connectivity index (χ1v) is 7.60. The van der Waals surface area contributed by atoms with Crippen LogP contribution in [0.2, 0.25) is 0 Å². The van der Waals surface area contributed by atoms with Crippen molar-refractivity contribution < 1.29 is 14.3 Å². The molecule has 3 heteroatoms. The number of hydrogen-bond donors (Lipinski definition) is 0. The van der Waals surface area contributed by atoms with Crippen LogP contribution in [-0.2, 0) is 14.3 Å². The van der Waals surface area contributed by atoms with E-state index in [0.717, 1.165) is 0 Å². The quantitative estimate of drug-likeness (QED) is 0.507. The molecule has 3 nitrogen and oxygen atoms in total. The van der Waals surface area contributed by atoms with Gasteiger partial charge >= 0.3 is 5.97 Å². The van der Waals surface area contributed by atoms with E-state index in [1.165, 1.54) is 32.6 Å². The average molecular weight is 276 g/mol. The van der Waals surface area contributed by atoms with Gasteiger partial charge in [-0.3, -0.25) is 4.79 Å². The molecule has 0 spiro atoms. The van der Waals surface area contributed by atoms with Crippen LogP contribution in [0.3, 0.4) is 0 Å². The van der Waals surface area contributed by atoms with Crippen LogP contribution in [0.1, 0.15) is 81.1 Å². The zero-order valence-corrected chi connectivity index (χ0v) is 14.4. The Morgan fingerprint density at radius 1 is 0.895 bits per heavy atom. The minimum absolute atomic E-state index is 0.211. The van der Waals surface area contributed by atoms with E-state index in [1.54, 1.807) is 6.92 Å². The predicted octanol–water partition coefficient (Wildman–Crippen LogP) is 4.98. The Hall–Kier alpha value is -0.570. The number of carbonyl (C=O) groups excluding carboxylic acids is 1. The summed E-state index contributed by atoms with van der Waals surface area (Å²) in [6.07, 6.45) is 6.29. The van der Waals surface area contributed by atoms with Crippen molar-refractivity contribution in [1.29, 1.82) is 0 Å². The lowest BCUT2D eigenvalue weighted by Gasteiger charge is -2.09. The lowest BCUT2D eigenvalue weighted by molar-refractivity contribution is -0.140. The zero-order valence-electron chi connectivity index (χ0n) is 14.4. The van der Waals surface area contributed by atoms with Crippen LogP contribution in [0, 0.1) is 0 Å². The predicted molar refractivity (Wildman–Crippen MR) is 83.5 cm³/mol. The topological polar surface area (TPSA) is 35.5 Å². The molecule has 0 aromatic heterocycles. The molecule has 0 heterocycles. The molecule has 0 amide bonds. The molecule has 0 unspecified atom stereocenters. The molecule has 0 fully saturated rings. The number of carbonyl (C=O) groups is 1. The molecule has 19 heavy (non-hydrogen) atoms. The van der Waals surface area contributed by atoms with E-state index in [2.05, 4.69) is 18.6 Å². The highest BCUT2D eigenvalue weighted by atomic mass is 16.5. The number of ether oxygens (including phenoxy) is 2. The van der Waals surface area contributed by atoms with Gasteiger partial charge in [-0.2, -0.15) is 0 Å². The molecular weight excluding hydrogens is 240 g/mol. The van der Waals surface area contributed by atoms with Crippen LogP contribution < -0.4 is 0 Å². The molecule has 0 aromatic carbocycles. The Morgan fingerprint density at radius 3 is 1.32 bits per heavy atom. The number of esters is 1. The second-order valence-corrected chi connectivity index (χ2v) is 4.87. The Kier molecular flexibility index (Phi) is 24.5. The van der Waals surface area contributed by atoms with Gasteiger partial charge in [0.05, 0.1) is 18.8 Å². The van der Waals surface area contributed by atoms with Crippen LogP contribution >= 0.6 is 0 Å². The Bertz CT molecular complexity index is 155. The summed E-state index contributed by atoms with van der Waals surface area (Å²) in [5, 5.41) is 0. The molecule has 0 aliphatic carbocycles. The van der Waals surface area contributed by atoms with E-state index >= 15 is 0 Å². The first-order chi connectivity index (χ1) is 8.81. The Morgan fingerprint density at radius 2 is 1.26 bits per heavy atom. The van der Waals surface area contributed by atoms with Crippen molar-refractivity contribution in [3.8, 4) is 0 Å². The van der Waals surface area contributed by atoms with E-state index in [0.29, 0.717) is 18.8 Å². The van der Waals surface area contributed by atoms with Crippen LogP contribution in [0.25, 0.3) is 0 Å². The van der Waals surface area contributed by atoms with Crippen LogP contribution in [0.15, 0.2) is 0 Å². The Balaban J connectivity index is -0.000000203. The van der Waals surface area contributed by atoms with E-state index < -0.39 is 0 Å². The SMILES string of the molecule is CC(C)OC(C)C.CCCCCC.CCOC(C)=O. The summed E-state index contributed by atoms with van der Waals surface area (Å²) in [5.74, 6) is -0.211. The number of rotatable bonds is 6. The summed E-state index contributed by atoms with van der Waals surface area (Å²) in [5.41, 5.74) is 0. The van der Waals surface area contributed by atoms with Gasteiger partial charge in [0.25, 0.3) is 0 Å². The van der Waals surface area contributed by atoms with Gasteiger partial charge in [-0.15, -0.1) is 0 Å². The summed E-state index contributed by atoms with van der Waals surface area (Å²) in [7, 11) is 0. The van der Waals surface area contributed by atoms with E-state index in [9.17, 15) is 4.79 Å². The summed E-state index contributed by atoms with van der Waals surface area (Å²) in [4.78, 5) is 9.82. The fraction of sp³-hybridized carbons (Fsp3) is 0.938. The number of unbranched alkanes of at least 4 members (excludes halogenated alkanes) is 3. The van der Waals surface area contributed by atoms with Crippen LogP contribution in [-0.4, -0.2) is 24.8 Å². The molecule has 0 aliphatic rings. The van der Waals surface area contributed by atoms with Crippen molar-refractivity contribution in [2.24, 2.45) is 0 Å². The average Bonchev–Trinajstić information content (AvgIpc) is 2.25. The highest BCUT2D eigenvalue weighted by molar-refractivity contribution is 5.65. The molecule has 0 aliphatic heterocycles. The summed E-state index contributed by atoms with van der Waals surface area (Å²) < 4.78 is 9.65. The van der Waals surface area contributed by atoms with Gasteiger partial charge in [0.2, 0.25) is 0 Å². The molecule has 0 bridgehead atoms. The second-order valence-electron chi connectivity index (χ2n) is 4.87. The fourth-order valence-corrected chi connectivity index (χ4v) is 1.25. The first-order valence-electron chi connectivity index (χ1n) is 7.60. The largest absolute Gasteiger partial charge is 0.466 e. The summed E-state index contributed by atoms with van der Waals surface area (Å²) in [6, 6.07) is 0. The lowest BCUT2D eigenvalue weighted by Crippen LogP contribution is -2.09. The molecule has 0 saturated carbocycles. The van der Waals surface area contributed by atoms with Crippen LogP contribution in [0.4, 0.5) is 0 Å². The van der Waals surface area contributed by atoms with Crippen molar-refractivity contribution in [3.05, 3.63) is 0 Å². The molecule has 0 rings (SSSR count). The highest BCUT2D eigenvalue weighted by Crippen LogP contribution is 1.95. The van der Waals surface area contributed by atoms with Gasteiger partial charge in [-0.1, -0.05) is 39.5 Å². The summed E-state index contributed by atoms with van der Waals surface area (Å²) in [6.45, 7) is 16.3. The van der Waals surface area contributed by atoms with Gasteiger partial charge in [0.15, 0.2) is 0 Å². The van der Waals surface area contributed by atoms with Crippen molar-refractivity contribution in [3.63, 3.8) is 0 Å². The van der Waals surface area contributed by atoms with Crippen molar-refractivity contribution >= 4 is 5.97 Å². The van der Waals surface area contributed by atoms with Gasteiger partial charge in [-0.25, -0.2) is 0 Å². The van der Waals surface area contributed by atoms with Crippen molar-refractivity contribution in [2.75, 3.05) is 6.61 Å². The monoisotopic (exact) mass is 276 g/mol. The van der Waals surface area contributed by atoms with E-state index in [1.807, 2.05) is 27.7 Å². The number of hydrogen-bond acceptors (Lipinski definition) is 3. The third-order valence-electron chi connectivity index (χ3n) is 1.85. The Labute approximate surface area is 121 Å². The van der Waals surface area contributed by atoms with E-state index in [4.69, 9.17) is 4.74 Å². The highest BCUT2D eigenvalue weighted by Gasteiger charge is 1.94. The molecule has 0 radical (unpaired) electrons. The van der Waals surface area contributed by atoms with Gasteiger partial charge in [-0.05, 0) is 34.6 Å². The summed E-state index contributed by atoms with van der Waals surface area (Å²) >= 11 is 0. The fourth-order valence-electron chi connectivity index (χ4n) is 1.25. The molecule has 118 valence electrons. The molecule has 0 atom stereocenters. The van der Waals surface area contributed by atoms with Crippen molar-refractivity contribution in [2.45, 2.75) is 93.3 Å². The van der Waals surface area contributed by atoms with Gasteiger partial charge < -0.3 is 9.47 Å². The minimum Gasteiger partial charge on any atom is -0.466 e. The zero-order chi connectivity index (χ0) is 15.7. The lowest BCUT2D eigenvalue weighted by atomic mass is 10.2. The third-order valence-corrected chi connectivity index (χ3v) is 1.85. The molecule has 0 N–H and O–H groups in total. The molecule has 0 saturated heterocycles. The standard InChI is InChI=1S/C6H14O.C6H14.C4H8O2/c1-5(2)7-6(3)4;1-3-5-6-4-2;1-3-6-4(2)5/h5-6H,1-4H3;3-6H2,1-2H3;3H2,1-2H3. The van der Waals surface area contributed by atoms with E-state index in [-0.39, 0.29) is 5.97 Å². The van der Waals surface area contributed by atoms with Gasteiger partial charge in [0.1, 0.15) is 0 Å². The molecular formula is C16H36O3. The maximum absolute atomic E-state index is 9.82. The second kappa shape index (κ2) is 19.8. The van der Waals surface area contributed by atoms with Crippen molar-refractivity contribution in [1.82, 2.24) is 0 Å². The molecule has 0 aromatic rings. The maximum Gasteiger partial charge on any atom is 0.302 e.